The van der Waals surface area contributed by atoms with E-state index in [0.29, 0.717) is 0 Å². The van der Waals surface area contributed by atoms with Gasteiger partial charge in [-0.25, -0.2) is 0 Å². The van der Waals surface area contributed by atoms with Crippen molar-refractivity contribution in [2.75, 3.05) is 31.1 Å². The normalized spacial score (nSPS) is 29.2. The number of rotatable bonds is 3. The van der Waals surface area contributed by atoms with Gasteiger partial charge in [-0.1, -0.05) is 28.1 Å². The Morgan fingerprint density at radius 2 is 1.88 bits per heavy atom. The Labute approximate surface area is 116 Å². The molecule has 0 N–H and O–H groups in total. The Morgan fingerprint density at radius 1 is 1.18 bits per heavy atom. The molecule has 1 aromatic carbocycles. The predicted octanol–water partition coefficient (Wildman–Crippen LogP) is 3.60. The van der Waals surface area contributed by atoms with Crippen molar-refractivity contribution in [2.24, 2.45) is 5.92 Å². The Hall–Kier alpha value is 0.01000. The third-order valence-electron chi connectivity index (χ3n) is 3.82. The minimum Gasteiger partial charge on any atom is -0.301 e. The summed E-state index contributed by atoms with van der Waals surface area (Å²) in [7, 11) is 0. The van der Waals surface area contributed by atoms with Gasteiger partial charge in [-0.15, -0.1) is 0 Å². The fourth-order valence-electron chi connectivity index (χ4n) is 2.68. The number of nitrogens with zero attached hydrogens (tertiary/aromatic N) is 1. The molecule has 1 aliphatic carbocycles. The quantitative estimate of drug-likeness (QED) is 0.839. The molecule has 0 spiro atoms. The van der Waals surface area contributed by atoms with Crippen LogP contribution in [0.3, 0.4) is 0 Å². The lowest BCUT2D eigenvalue weighted by atomic mass is 10.1. The molecule has 0 unspecified atom stereocenters. The second-order valence-electron chi connectivity index (χ2n) is 5.07. The second kappa shape index (κ2) is 5.33. The number of thioether (sulfide) groups is 1. The number of hydrogen-bond donors (Lipinski definition) is 0. The maximum Gasteiger partial charge on any atom is 0.0175 e. The fraction of sp³-hybridized carbons (Fsp3) is 0.571. The van der Waals surface area contributed by atoms with E-state index in [4.69, 9.17) is 0 Å². The Morgan fingerprint density at radius 3 is 2.59 bits per heavy atom. The highest BCUT2D eigenvalue weighted by Gasteiger charge is 2.39. The molecule has 3 rings (SSSR count). The minimum atomic E-state index is 0.831. The average molecular weight is 312 g/mol. The van der Waals surface area contributed by atoms with E-state index >= 15 is 0 Å². The summed E-state index contributed by atoms with van der Waals surface area (Å²) in [5, 5.41) is 0. The summed E-state index contributed by atoms with van der Waals surface area (Å²) in [4.78, 5) is 2.65. The lowest BCUT2D eigenvalue weighted by molar-refractivity contribution is 0.288. The molecular formula is C14H18BrNS. The topological polar surface area (TPSA) is 3.24 Å². The van der Waals surface area contributed by atoms with Crippen molar-refractivity contribution in [2.45, 2.75) is 12.3 Å². The van der Waals surface area contributed by atoms with Crippen LogP contribution in [0, 0.1) is 5.92 Å². The number of hydrogen-bond acceptors (Lipinski definition) is 2. The molecule has 1 saturated carbocycles. The van der Waals surface area contributed by atoms with Gasteiger partial charge in [-0.3, -0.25) is 0 Å². The van der Waals surface area contributed by atoms with Gasteiger partial charge in [0.1, 0.15) is 0 Å². The molecule has 1 aromatic rings. The van der Waals surface area contributed by atoms with Gasteiger partial charge >= 0.3 is 0 Å². The van der Waals surface area contributed by atoms with Crippen LogP contribution in [0.15, 0.2) is 28.7 Å². The highest BCUT2D eigenvalue weighted by Crippen LogP contribution is 2.48. The molecule has 0 bridgehead atoms. The van der Waals surface area contributed by atoms with Gasteiger partial charge in [-0.2, -0.15) is 11.8 Å². The molecule has 1 saturated heterocycles. The summed E-state index contributed by atoms with van der Waals surface area (Å²) in [6.45, 7) is 3.92. The molecule has 2 atom stereocenters. The third-order valence-corrected chi connectivity index (χ3v) is 5.29. The molecule has 92 valence electrons. The zero-order chi connectivity index (χ0) is 11.7. The first-order valence-corrected chi connectivity index (χ1v) is 8.33. The Kier molecular flexibility index (Phi) is 3.78. The van der Waals surface area contributed by atoms with Gasteiger partial charge in [0.15, 0.2) is 0 Å². The van der Waals surface area contributed by atoms with Crippen LogP contribution in [-0.4, -0.2) is 36.0 Å². The number of benzene rings is 1. The zero-order valence-corrected chi connectivity index (χ0v) is 12.3. The molecule has 1 nitrogen and oxygen atoms in total. The smallest absolute Gasteiger partial charge is 0.0175 e. The van der Waals surface area contributed by atoms with E-state index in [2.05, 4.69) is 56.9 Å². The van der Waals surface area contributed by atoms with Crippen LogP contribution in [0.1, 0.15) is 17.9 Å². The first-order valence-electron chi connectivity index (χ1n) is 6.38. The molecule has 0 aromatic heterocycles. The Balaban J connectivity index is 1.53. The van der Waals surface area contributed by atoms with Crippen LogP contribution in [0.4, 0.5) is 0 Å². The highest BCUT2D eigenvalue weighted by atomic mass is 79.9. The molecule has 0 radical (unpaired) electrons. The van der Waals surface area contributed by atoms with Crippen molar-refractivity contribution in [1.82, 2.24) is 4.90 Å². The first kappa shape index (κ1) is 12.1. The van der Waals surface area contributed by atoms with Crippen LogP contribution in [0.2, 0.25) is 0 Å². The van der Waals surface area contributed by atoms with Crippen molar-refractivity contribution in [3.05, 3.63) is 34.3 Å². The summed E-state index contributed by atoms with van der Waals surface area (Å²) in [6.07, 6.45) is 1.39. The lowest BCUT2D eigenvalue weighted by Crippen LogP contribution is -2.34. The molecule has 0 amide bonds. The average Bonchev–Trinajstić information content (AvgIpc) is 3.11. The van der Waals surface area contributed by atoms with Gasteiger partial charge in [-0.05, 0) is 36.0 Å². The SMILES string of the molecule is Brc1ccc([C@@H]2C[C@H]2CN2CCSCC2)cc1. The zero-order valence-electron chi connectivity index (χ0n) is 9.94. The summed E-state index contributed by atoms with van der Waals surface area (Å²) in [6, 6.07) is 8.89. The third kappa shape index (κ3) is 3.07. The summed E-state index contributed by atoms with van der Waals surface area (Å²) < 4.78 is 1.19. The van der Waals surface area contributed by atoms with Gasteiger partial charge in [0.25, 0.3) is 0 Å². The van der Waals surface area contributed by atoms with Crippen LogP contribution in [0.5, 0.6) is 0 Å². The van der Waals surface area contributed by atoms with E-state index in [9.17, 15) is 0 Å². The maximum absolute atomic E-state index is 3.50. The van der Waals surface area contributed by atoms with Crippen molar-refractivity contribution in [3.63, 3.8) is 0 Å². The molecule has 1 heterocycles. The van der Waals surface area contributed by atoms with Gasteiger partial charge in [0, 0.05) is 35.6 Å². The highest BCUT2D eigenvalue weighted by molar-refractivity contribution is 9.10. The lowest BCUT2D eigenvalue weighted by Gasteiger charge is -2.26. The molecule has 2 fully saturated rings. The van der Waals surface area contributed by atoms with E-state index in [0.717, 1.165) is 11.8 Å². The number of halogens is 1. The van der Waals surface area contributed by atoms with Crippen LogP contribution >= 0.6 is 27.7 Å². The van der Waals surface area contributed by atoms with Crippen molar-refractivity contribution in [3.8, 4) is 0 Å². The van der Waals surface area contributed by atoms with E-state index in [-0.39, 0.29) is 0 Å². The standard InChI is InChI=1S/C14H18BrNS/c15-13-3-1-11(2-4-13)14-9-12(14)10-16-5-7-17-8-6-16/h1-4,12,14H,5-10H2/t12-,14-/m0/s1. The van der Waals surface area contributed by atoms with Crippen LogP contribution in [0.25, 0.3) is 0 Å². The van der Waals surface area contributed by atoms with Crippen LogP contribution < -0.4 is 0 Å². The first-order chi connectivity index (χ1) is 8.33. The summed E-state index contributed by atoms with van der Waals surface area (Å²) >= 11 is 5.60. The monoisotopic (exact) mass is 311 g/mol. The van der Waals surface area contributed by atoms with Gasteiger partial charge in [0.2, 0.25) is 0 Å². The minimum absolute atomic E-state index is 0.831. The largest absolute Gasteiger partial charge is 0.301 e. The fourth-order valence-corrected chi connectivity index (χ4v) is 3.93. The summed E-state index contributed by atoms with van der Waals surface area (Å²) in [5.41, 5.74) is 1.53. The van der Waals surface area contributed by atoms with E-state index < -0.39 is 0 Å². The molecule has 17 heavy (non-hydrogen) atoms. The molecular weight excluding hydrogens is 294 g/mol. The Bertz CT molecular complexity index is 372. The predicted molar refractivity (Wildman–Crippen MR) is 78.8 cm³/mol. The molecule has 2 aliphatic rings. The summed E-state index contributed by atoms with van der Waals surface area (Å²) in [5.74, 6) is 4.41. The van der Waals surface area contributed by atoms with Crippen molar-refractivity contribution < 1.29 is 0 Å². The maximum atomic E-state index is 3.50. The van der Waals surface area contributed by atoms with E-state index in [1.165, 1.54) is 47.6 Å². The van der Waals surface area contributed by atoms with Gasteiger partial charge < -0.3 is 4.90 Å². The van der Waals surface area contributed by atoms with Crippen molar-refractivity contribution >= 4 is 27.7 Å². The molecule has 3 heteroatoms. The van der Waals surface area contributed by atoms with Crippen molar-refractivity contribution in [1.29, 1.82) is 0 Å². The second-order valence-corrected chi connectivity index (χ2v) is 7.21. The van der Waals surface area contributed by atoms with Crippen LogP contribution in [-0.2, 0) is 0 Å². The van der Waals surface area contributed by atoms with E-state index in [1.807, 2.05) is 0 Å². The molecule has 1 aliphatic heterocycles. The van der Waals surface area contributed by atoms with Gasteiger partial charge in [0.05, 0.1) is 0 Å². The van der Waals surface area contributed by atoms with E-state index in [1.54, 1.807) is 0 Å².